The van der Waals surface area contributed by atoms with Crippen LogP contribution >= 0.6 is 10.2 Å². The van der Waals surface area contributed by atoms with Crippen LogP contribution in [0.1, 0.15) is 0 Å². The first-order chi connectivity index (χ1) is 11.5. The summed E-state index contributed by atoms with van der Waals surface area (Å²) in [5, 5.41) is 0. The summed E-state index contributed by atoms with van der Waals surface area (Å²) in [6.07, 6.45) is 0. The monoisotopic (exact) mass is 389 g/mol. The lowest BCUT2D eigenvalue weighted by Crippen LogP contribution is -2.09. The average Bonchev–Trinajstić information content (AvgIpc) is 2.55. The van der Waals surface area contributed by atoms with Crippen LogP contribution in [0.2, 0.25) is 0 Å². The number of hydrogen-bond donors (Lipinski definition) is 0. The Labute approximate surface area is 145 Å². The van der Waals surface area contributed by atoms with E-state index in [2.05, 4.69) is 0 Å². The molecule has 0 spiro atoms. The van der Waals surface area contributed by atoms with Crippen molar-refractivity contribution in [2.45, 2.75) is 19.6 Å². The molecule has 0 nitrogen and oxygen atoms in total. The summed E-state index contributed by atoms with van der Waals surface area (Å²) >= 11 is 0. The van der Waals surface area contributed by atoms with Gasteiger partial charge in [0.05, 0.1) is 10.9 Å². The van der Waals surface area contributed by atoms with Gasteiger partial charge in [-0.15, -0.1) is 0 Å². The number of rotatable bonds is 4. The molecule has 3 aromatic carbocycles. The third-order valence-corrected chi connectivity index (χ3v) is 6.80. The van der Waals surface area contributed by atoms with E-state index < -0.39 is 26.0 Å². The Morgan fingerprint density at radius 1 is 0.520 bits per heavy atom. The molecule has 0 saturated heterocycles. The molecule has 7 heteroatoms. The van der Waals surface area contributed by atoms with Crippen molar-refractivity contribution in [2.24, 2.45) is 0 Å². The Morgan fingerprint density at radius 3 is 1.40 bits per heavy atom. The molecule has 3 aromatic rings. The molecular weight excluding hydrogens is 375 g/mol. The summed E-state index contributed by atoms with van der Waals surface area (Å²) in [7, 11) is -10.6. The molecule has 0 fully saturated rings. The quantitative estimate of drug-likeness (QED) is 0.321. The van der Waals surface area contributed by atoms with Crippen molar-refractivity contribution >= 4 is 21.1 Å². The second-order valence-electron chi connectivity index (χ2n) is 5.38. The first-order valence-corrected chi connectivity index (χ1v) is 10.4. The molecule has 132 valence electrons. The van der Waals surface area contributed by atoms with E-state index in [1.807, 2.05) is 0 Å². The Hall–Kier alpha value is -1.99. The van der Waals surface area contributed by atoms with Gasteiger partial charge in [0.25, 0.3) is 0 Å². The van der Waals surface area contributed by atoms with E-state index >= 15 is 0 Å². The van der Waals surface area contributed by atoms with Crippen molar-refractivity contribution < 1.29 is 19.4 Å². The summed E-state index contributed by atoms with van der Waals surface area (Å²) in [5.74, 6) is 0. The smallest absolute Gasteiger partial charge is 0.0936 e. The van der Waals surface area contributed by atoms with E-state index in [9.17, 15) is 19.4 Å². The molecule has 0 saturated carbocycles. The van der Waals surface area contributed by atoms with E-state index in [0.717, 1.165) is 15.9 Å². The summed E-state index contributed by atoms with van der Waals surface area (Å²) in [5.41, 5.74) is 0. The standard InChI is InChI=1S/C18H14F5S2/c19-25(20,21,22,23)18-13-7-12-17(14-18)24(15-8-3-1-4-9-15)16-10-5-2-6-11-16/h1-14H/q+1. The van der Waals surface area contributed by atoms with Gasteiger partial charge < -0.3 is 0 Å². The molecule has 0 unspecified atom stereocenters. The van der Waals surface area contributed by atoms with Crippen LogP contribution in [0.3, 0.4) is 0 Å². The van der Waals surface area contributed by atoms with Gasteiger partial charge in [-0.3, -0.25) is 0 Å². The van der Waals surface area contributed by atoms with Gasteiger partial charge in [0.15, 0.2) is 14.7 Å². The van der Waals surface area contributed by atoms with E-state index in [4.69, 9.17) is 0 Å². The molecule has 0 aliphatic rings. The summed E-state index contributed by atoms with van der Waals surface area (Å²) in [6.45, 7) is 0. The van der Waals surface area contributed by atoms with Crippen LogP contribution in [-0.4, -0.2) is 0 Å². The van der Waals surface area contributed by atoms with E-state index in [1.165, 1.54) is 6.07 Å². The largest absolute Gasteiger partial charge is 0.310 e. The van der Waals surface area contributed by atoms with Gasteiger partial charge in [0.2, 0.25) is 0 Å². The minimum atomic E-state index is -9.72. The molecule has 0 heterocycles. The van der Waals surface area contributed by atoms with Gasteiger partial charge in [-0.1, -0.05) is 61.9 Å². The molecule has 0 radical (unpaired) electrons. The lowest BCUT2D eigenvalue weighted by Gasteiger charge is -2.40. The summed E-state index contributed by atoms with van der Waals surface area (Å²) in [6, 6.07) is 21.3. The number of halogens is 5. The lowest BCUT2D eigenvalue weighted by molar-refractivity contribution is 0.363. The fraction of sp³-hybridized carbons (Fsp3) is 0. The van der Waals surface area contributed by atoms with E-state index in [-0.39, 0.29) is 4.90 Å². The molecule has 0 aliphatic heterocycles. The first-order valence-electron chi connectivity index (χ1n) is 7.23. The molecule has 0 bridgehead atoms. The molecule has 0 aliphatic carbocycles. The fourth-order valence-corrected chi connectivity index (χ4v) is 5.26. The van der Waals surface area contributed by atoms with Crippen molar-refractivity contribution in [3.05, 3.63) is 84.9 Å². The zero-order chi connectivity index (χ0) is 18.2. The molecule has 0 atom stereocenters. The highest BCUT2D eigenvalue weighted by Crippen LogP contribution is 3.02. The second-order valence-corrected chi connectivity index (χ2v) is 9.81. The van der Waals surface area contributed by atoms with Gasteiger partial charge in [0.1, 0.15) is 4.90 Å². The van der Waals surface area contributed by atoms with Crippen LogP contribution in [0.4, 0.5) is 19.4 Å². The van der Waals surface area contributed by atoms with Crippen molar-refractivity contribution in [1.29, 1.82) is 0 Å². The zero-order valence-electron chi connectivity index (χ0n) is 12.8. The number of hydrogen-bond acceptors (Lipinski definition) is 0. The highest BCUT2D eigenvalue weighted by atomic mass is 32.5. The summed E-state index contributed by atoms with van der Waals surface area (Å²) in [4.78, 5) is -0.147. The van der Waals surface area contributed by atoms with Gasteiger partial charge in [-0.05, 0) is 36.4 Å². The molecular formula is C18H14F5S2+. The maximum atomic E-state index is 13.2. The third kappa shape index (κ3) is 4.16. The van der Waals surface area contributed by atoms with Crippen molar-refractivity contribution in [3.63, 3.8) is 0 Å². The van der Waals surface area contributed by atoms with Crippen molar-refractivity contribution in [3.8, 4) is 0 Å². The maximum Gasteiger partial charge on any atom is 0.310 e. The van der Waals surface area contributed by atoms with Crippen LogP contribution in [0.15, 0.2) is 105 Å². The average molecular weight is 389 g/mol. The normalized spacial score (nSPS) is 14.8. The minimum Gasteiger partial charge on any atom is -0.0936 e. The van der Waals surface area contributed by atoms with E-state index in [1.54, 1.807) is 60.7 Å². The Bertz CT molecular complexity index is 839. The van der Waals surface area contributed by atoms with Crippen LogP contribution in [0.5, 0.6) is 0 Å². The Balaban J connectivity index is 2.20. The van der Waals surface area contributed by atoms with Gasteiger partial charge >= 0.3 is 10.2 Å². The zero-order valence-corrected chi connectivity index (χ0v) is 14.4. The highest BCUT2D eigenvalue weighted by Gasteiger charge is 2.65. The molecule has 25 heavy (non-hydrogen) atoms. The topological polar surface area (TPSA) is 0 Å². The molecule has 3 rings (SSSR count). The van der Waals surface area contributed by atoms with Crippen molar-refractivity contribution in [2.75, 3.05) is 0 Å². The molecule has 0 amide bonds. The van der Waals surface area contributed by atoms with E-state index in [0.29, 0.717) is 12.1 Å². The van der Waals surface area contributed by atoms with Gasteiger partial charge in [-0.25, -0.2) is 0 Å². The molecule has 0 N–H and O–H groups in total. The van der Waals surface area contributed by atoms with Crippen molar-refractivity contribution in [1.82, 2.24) is 0 Å². The van der Waals surface area contributed by atoms with Gasteiger partial charge in [0, 0.05) is 6.07 Å². The minimum absolute atomic E-state index is 0.197. The summed E-state index contributed by atoms with van der Waals surface area (Å²) < 4.78 is 66.0. The predicted molar refractivity (Wildman–Crippen MR) is 92.9 cm³/mol. The fourth-order valence-electron chi connectivity index (χ4n) is 2.36. The first kappa shape index (κ1) is 17.8. The van der Waals surface area contributed by atoms with Crippen LogP contribution in [-0.2, 0) is 10.9 Å². The van der Waals surface area contributed by atoms with Crippen LogP contribution in [0.25, 0.3) is 0 Å². The third-order valence-electron chi connectivity index (χ3n) is 3.44. The predicted octanol–water partition coefficient (Wildman–Crippen LogP) is 7.44. The molecule has 0 aromatic heterocycles. The SMILES string of the molecule is FS(F)(F)(F)(F)c1cccc([S+](c2ccccc2)c2ccccc2)c1. The second kappa shape index (κ2) is 5.51. The lowest BCUT2D eigenvalue weighted by atomic mass is 10.4. The Kier molecular flexibility index (Phi) is 3.92. The van der Waals surface area contributed by atoms with Gasteiger partial charge in [-0.2, -0.15) is 0 Å². The Morgan fingerprint density at radius 2 is 0.960 bits per heavy atom. The number of benzene rings is 3. The maximum absolute atomic E-state index is 13.2. The highest BCUT2D eigenvalue weighted by molar-refractivity contribution is 8.45. The van der Waals surface area contributed by atoms with Crippen LogP contribution < -0.4 is 0 Å². The van der Waals surface area contributed by atoms with Crippen LogP contribution in [0, 0.1) is 0 Å².